The Morgan fingerprint density at radius 3 is 2.80 bits per heavy atom. The number of methoxy groups -OCH3 is 1. The van der Waals surface area contributed by atoms with E-state index in [1.807, 2.05) is 18.7 Å². The van der Waals surface area contributed by atoms with Crippen LogP contribution in [0.3, 0.4) is 0 Å². The zero-order chi connectivity index (χ0) is 14.8. The van der Waals surface area contributed by atoms with Gasteiger partial charge in [0.1, 0.15) is 0 Å². The van der Waals surface area contributed by atoms with E-state index in [1.54, 1.807) is 7.11 Å². The van der Waals surface area contributed by atoms with Crippen LogP contribution in [-0.2, 0) is 4.74 Å². The quantitative estimate of drug-likeness (QED) is 0.340. The monoisotopic (exact) mass is 303 g/mol. The normalized spacial score (nSPS) is 26.2. The van der Waals surface area contributed by atoms with Gasteiger partial charge in [-0.25, -0.2) is 0 Å². The summed E-state index contributed by atoms with van der Waals surface area (Å²) in [5.41, 5.74) is -0.616. The Labute approximate surface area is 127 Å². The number of hydrogen-bond acceptors (Lipinski definition) is 4. The Morgan fingerprint density at radius 1 is 1.45 bits per heavy atom. The molecular formula is C14H29N3O2S. The Bertz CT molecular complexity index is 302. The van der Waals surface area contributed by atoms with Crippen LogP contribution in [0.4, 0.5) is 0 Å². The van der Waals surface area contributed by atoms with Crippen LogP contribution in [0.2, 0.25) is 0 Å². The fourth-order valence-electron chi connectivity index (χ4n) is 2.20. The first kappa shape index (κ1) is 17.6. The molecule has 2 atom stereocenters. The van der Waals surface area contributed by atoms with E-state index in [0.29, 0.717) is 11.8 Å². The van der Waals surface area contributed by atoms with Crippen molar-refractivity contribution in [2.24, 2.45) is 4.99 Å². The first-order chi connectivity index (χ1) is 9.66. The maximum absolute atomic E-state index is 10.5. The molecule has 6 heteroatoms. The highest BCUT2D eigenvalue weighted by Gasteiger charge is 2.45. The van der Waals surface area contributed by atoms with E-state index in [-0.39, 0.29) is 0 Å². The lowest BCUT2D eigenvalue weighted by atomic mass is 9.79. The van der Waals surface area contributed by atoms with Crippen LogP contribution in [0, 0.1) is 0 Å². The van der Waals surface area contributed by atoms with Crippen molar-refractivity contribution in [3.8, 4) is 0 Å². The van der Waals surface area contributed by atoms with E-state index in [4.69, 9.17) is 4.74 Å². The van der Waals surface area contributed by atoms with Crippen molar-refractivity contribution in [2.75, 3.05) is 39.1 Å². The minimum absolute atomic E-state index is 0.340. The maximum atomic E-state index is 10.5. The van der Waals surface area contributed by atoms with Crippen LogP contribution in [0.25, 0.3) is 0 Å². The summed E-state index contributed by atoms with van der Waals surface area (Å²) in [4.78, 5) is 4.53. The van der Waals surface area contributed by atoms with Crippen molar-refractivity contribution in [1.82, 2.24) is 10.6 Å². The summed E-state index contributed by atoms with van der Waals surface area (Å²) in [6.45, 7) is 7.04. The zero-order valence-corrected chi connectivity index (χ0v) is 13.8. The standard InChI is InChI=1S/C14H29N3O2S/c1-4-15-13(16-9-6-10-19-3)17-11-14(18)8-7-12(14)20-5-2/h12,18H,4-11H2,1-3H3,(H2,15,16,17). The third-order valence-corrected chi connectivity index (χ3v) is 4.89. The fourth-order valence-corrected chi connectivity index (χ4v) is 3.39. The third kappa shape index (κ3) is 5.50. The van der Waals surface area contributed by atoms with Gasteiger partial charge in [-0.3, -0.25) is 4.99 Å². The number of nitrogens with one attached hydrogen (secondary N) is 2. The van der Waals surface area contributed by atoms with Gasteiger partial charge in [-0.1, -0.05) is 6.92 Å². The molecule has 0 radical (unpaired) electrons. The van der Waals surface area contributed by atoms with Crippen LogP contribution < -0.4 is 10.6 Å². The van der Waals surface area contributed by atoms with Crippen LogP contribution in [-0.4, -0.2) is 61.0 Å². The second-order valence-corrected chi connectivity index (χ2v) is 6.53. The van der Waals surface area contributed by atoms with Gasteiger partial charge in [0.2, 0.25) is 0 Å². The Kier molecular flexibility index (Phi) is 8.33. The Balaban J connectivity index is 2.41. The van der Waals surface area contributed by atoms with Crippen molar-refractivity contribution in [2.45, 2.75) is 44.0 Å². The molecule has 1 rings (SSSR count). The van der Waals surface area contributed by atoms with Crippen molar-refractivity contribution >= 4 is 17.7 Å². The largest absolute Gasteiger partial charge is 0.387 e. The molecule has 0 aromatic rings. The number of hydrogen-bond donors (Lipinski definition) is 3. The van der Waals surface area contributed by atoms with Gasteiger partial charge in [0.05, 0.1) is 12.1 Å². The second-order valence-electron chi connectivity index (χ2n) is 5.05. The summed E-state index contributed by atoms with van der Waals surface area (Å²) in [6, 6.07) is 0. The highest BCUT2D eigenvalue weighted by molar-refractivity contribution is 8.00. The van der Waals surface area contributed by atoms with Crippen LogP contribution in [0.15, 0.2) is 4.99 Å². The molecule has 0 amide bonds. The molecular weight excluding hydrogens is 274 g/mol. The van der Waals surface area contributed by atoms with E-state index < -0.39 is 5.60 Å². The van der Waals surface area contributed by atoms with Gasteiger partial charge in [-0.2, -0.15) is 11.8 Å². The van der Waals surface area contributed by atoms with Crippen molar-refractivity contribution in [1.29, 1.82) is 0 Å². The van der Waals surface area contributed by atoms with E-state index in [0.717, 1.165) is 50.7 Å². The Morgan fingerprint density at radius 2 is 2.25 bits per heavy atom. The summed E-state index contributed by atoms with van der Waals surface area (Å²) in [7, 11) is 1.71. The molecule has 1 fully saturated rings. The van der Waals surface area contributed by atoms with Crippen molar-refractivity contribution < 1.29 is 9.84 Å². The van der Waals surface area contributed by atoms with E-state index >= 15 is 0 Å². The molecule has 5 nitrogen and oxygen atoms in total. The number of rotatable bonds is 9. The number of nitrogens with zero attached hydrogens (tertiary/aromatic N) is 1. The molecule has 0 saturated heterocycles. The molecule has 0 spiro atoms. The van der Waals surface area contributed by atoms with Gasteiger partial charge in [0, 0.05) is 32.1 Å². The maximum Gasteiger partial charge on any atom is 0.191 e. The molecule has 0 aliphatic heterocycles. The van der Waals surface area contributed by atoms with E-state index in [9.17, 15) is 5.11 Å². The topological polar surface area (TPSA) is 65.9 Å². The predicted molar refractivity (Wildman–Crippen MR) is 86.6 cm³/mol. The molecule has 118 valence electrons. The lowest BCUT2D eigenvalue weighted by Crippen LogP contribution is -2.53. The number of aliphatic hydroxyl groups is 1. The average Bonchev–Trinajstić information content (AvgIpc) is 2.45. The number of guanidine groups is 1. The molecule has 1 aliphatic rings. The summed E-state index contributed by atoms with van der Waals surface area (Å²) < 4.78 is 5.02. The molecule has 3 N–H and O–H groups in total. The summed E-state index contributed by atoms with van der Waals surface area (Å²) >= 11 is 1.84. The van der Waals surface area contributed by atoms with Crippen molar-refractivity contribution in [3.63, 3.8) is 0 Å². The van der Waals surface area contributed by atoms with Gasteiger partial charge in [-0.15, -0.1) is 0 Å². The lowest BCUT2D eigenvalue weighted by Gasteiger charge is -2.44. The van der Waals surface area contributed by atoms with Gasteiger partial charge < -0.3 is 20.5 Å². The van der Waals surface area contributed by atoms with Crippen molar-refractivity contribution in [3.05, 3.63) is 0 Å². The molecule has 0 bridgehead atoms. The van der Waals surface area contributed by atoms with Gasteiger partial charge >= 0.3 is 0 Å². The highest BCUT2D eigenvalue weighted by atomic mass is 32.2. The SMILES string of the molecule is CCNC(=NCC1(O)CCC1SCC)NCCCOC. The second kappa shape index (κ2) is 9.47. The summed E-state index contributed by atoms with van der Waals surface area (Å²) in [6.07, 6.45) is 2.90. The lowest BCUT2D eigenvalue weighted by molar-refractivity contribution is -0.0154. The molecule has 0 aromatic heterocycles. The molecule has 1 aliphatic carbocycles. The van der Waals surface area contributed by atoms with Crippen LogP contribution in [0.5, 0.6) is 0 Å². The molecule has 2 unspecified atom stereocenters. The summed E-state index contributed by atoms with van der Waals surface area (Å²) in [5.74, 6) is 1.83. The smallest absolute Gasteiger partial charge is 0.191 e. The molecule has 20 heavy (non-hydrogen) atoms. The molecule has 1 saturated carbocycles. The first-order valence-corrected chi connectivity index (χ1v) is 8.56. The minimum Gasteiger partial charge on any atom is -0.387 e. The van der Waals surface area contributed by atoms with Crippen LogP contribution >= 0.6 is 11.8 Å². The van der Waals surface area contributed by atoms with E-state index in [1.165, 1.54) is 0 Å². The third-order valence-electron chi connectivity index (χ3n) is 3.48. The van der Waals surface area contributed by atoms with E-state index in [2.05, 4.69) is 22.5 Å². The van der Waals surface area contributed by atoms with Gasteiger partial charge in [0.15, 0.2) is 5.96 Å². The highest BCUT2D eigenvalue weighted by Crippen LogP contribution is 2.41. The Hall–Kier alpha value is -0.460. The number of thioether (sulfide) groups is 1. The predicted octanol–water partition coefficient (Wildman–Crippen LogP) is 1.22. The molecule has 0 aromatic carbocycles. The average molecular weight is 303 g/mol. The number of aliphatic imine (C=N–C) groups is 1. The fraction of sp³-hybridized carbons (Fsp3) is 0.929. The molecule has 0 heterocycles. The minimum atomic E-state index is -0.616. The van der Waals surface area contributed by atoms with Gasteiger partial charge in [-0.05, 0) is 31.9 Å². The number of ether oxygens (including phenoxy) is 1. The zero-order valence-electron chi connectivity index (χ0n) is 12.9. The summed E-state index contributed by atoms with van der Waals surface area (Å²) in [5, 5.41) is 17.3. The van der Waals surface area contributed by atoms with Crippen LogP contribution in [0.1, 0.15) is 33.1 Å². The first-order valence-electron chi connectivity index (χ1n) is 7.51. The van der Waals surface area contributed by atoms with Gasteiger partial charge in [0.25, 0.3) is 0 Å².